The lowest BCUT2D eigenvalue weighted by Gasteiger charge is -2.25. The molecule has 0 aromatic rings. The minimum Gasteiger partial charge on any atom is -0.372 e. The van der Waals surface area contributed by atoms with Crippen molar-refractivity contribution in [3.05, 3.63) is 0 Å². The molecule has 0 unspecified atom stereocenters. The minimum atomic E-state index is -2.55. The SMILES string of the molecule is C[Si](OCCN)(OCCN)OCCN. The summed E-state index contributed by atoms with van der Waals surface area (Å²) in [5.41, 5.74) is 16.0. The van der Waals surface area contributed by atoms with Gasteiger partial charge in [0.25, 0.3) is 0 Å². The smallest absolute Gasteiger partial charge is 0.372 e. The first kappa shape index (κ1) is 14.0. The van der Waals surface area contributed by atoms with Crippen molar-refractivity contribution < 1.29 is 13.3 Å². The van der Waals surface area contributed by atoms with Crippen LogP contribution in [0.5, 0.6) is 0 Å². The van der Waals surface area contributed by atoms with Crippen molar-refractivity contribution in [1.29, 1.82) is 0 Å². The monoisotopic (exact) mass is 223 g/mol. The van der Waals surface area contributed by atoms with Crippen molar-refractivity contribution in [2.75, 3.05) is 39.5 Å². The Bertz CT molecular complexity index is 118. The lowest BCUT2D eigenvalue weighted by Crippen LogP contribution is -2.45. The zero-order valence-corrected chi connectivity index (χ0v) is 9.70. The first-order valence-electron chi connectivity index (χ1n) is 4.70. The van der Waals surface area contributed by atoms with E-state index < -0.39 is 8.80 Å². The van der Waals surface area contributed by atoms with Gasteiger partial charge in [-0.3, -0.25) is 0 Å². The Morgan fingerprint density at radius 1 is 0.786 bits per heavy atom. The molecule has 14 heavy (non-hydrogen) atoms. The fourth-order valence-corrected chi connectivity index (χ4v) is 2.57. The van der Waals surface area contributed by atoms with Crippen LogP contribution in [0.25, 0.3) is 0 Å². The van der Waals surface area contributed by atoms with E-state index in [0.29, 0.717) is 39.5 Å². The molecule has 0 bridgehead atoms. The summed E-state index contributed by atoms with van der Waals surface area (Å²) in [4.78, 5) is 0. The predicted molar refractivity (Wildman–Crippen MR) is 56.6 cm³/mol. The van der Waals surface area contributed by atoms with E-state index in [9.17, 15) is 0 Å². The van der Waals surface area contributed by atoms with Gasteiger partial charge in [-0.1, -0.05) is 0 Å². The lowest BCUT2D eigenvalue weighted by atomic mass is 10.8. The van der Waals surface area contributed by atoms with E-state index in [-0.39, 0.29) is 0 Å². The summed E-state index contributed by atoms with van der Waals surface area (Å²) in [6.07, 6.45) is 0. The molecule has 0 atom stereocenters. The van der Waals surface area contributed by atoms with Crippen molar-refractivity contribution >= 4 is 8.80 Å². The third-order valence-electron chi connectivity index (χ3n) is 1.45. The summed E-state index contributed by atoms with van der Waals surface area (Å²) >= 11 is 0. The van der Waals surface area contributed by atoms with Gasteiger partial charge in [0.2, 0.25) is 0 Å². The Morgan fingerprint density at radius 2 is 1.07 bits per heavy atom. The molecule has 0 spiro atoms. The van der Waals surface area contributed by atoms with Crippen LogP contribution in [-0.4, -0.2) is 48.3 Å². The van der Waals surface area contributed by atoms with Crippen LogP contribution in [0.4, 0.5) is 0 Å². The van der Waals surface area contributed by atoms with Crippen molar-refractivity contribution in [2.45, 2.75) is 6.55 Å². The van der Waals surface area contributed by atoms with Gasteiger partial charge in [0.1, 0.15) is 0 Å². The minimum absolute atomic E-state index is 0.428. The van der Waals surface area contributed by atoms with E-state index in [1.807, 2.05) is 6.55 Å². The van der Waals surface area contributed by atoms with Crippen molar-refractivity contribution in [2.24, 2.45) is 17.2 Å². The maximum Gasteiger partial charge on any atom is 0.497 e. The average molecular weight is 223 g/mol. The molecule has 0 aliphatic rings. The van der Waals surface area contributed by atoms with Gasteiger partial charge in [-0.05, 0) is 0 Å². The van der Waals surface area contributed by atoms with Gasteiger partial charge in [0.05, 0.1) is 19.8 Å². The summed E-state index contributed by atoms with van der Waals surface area (Å²) in [6.45, 7) is 4.43. The normalized spacial score (nSPS) is 12.0. The zero-order valence-electron chi connectivity index (χ0n) is 8.70. The molecule has 6 N–H and O–H groups in total. The maximum absolute atomic E-state index is 5.44. The van der Waals surface area contributed by atoms with Crippen molar-refractivity contribution in [3.63, 3.8) is 0 Å². The Hall–Kier alpha value is -0.0231. The molecule has 0 radical (unpaired) electrons. The molecule has 7 heteroatoms. The Morgan fingerprint density at radius 3 is 1.29 bits per heavy atom. The quantitative estimate of drug-likeness (QED) is 0.410. The maximum atomic E-state index is 5.44. The van der Waals surface area contributed by atoms with Gasteiger partial charge in [0, 0.05) is 26.2 Å². The number of nitrogens with two attached hydrogens (primary N) is 3. The molecule has 0 aliphatic heterocycles. The highest BCUT2D eigenvalue weighted by atomic mass is 28.4. The fraction of sp³-hybridized carbons (Fsp3) is 1.00. The van der Waals surface area contributed by atoms with Crippen LogP contribution in [0.1, 0.15) is 0 Å². The second-order valence-corrected chi connectivity index (χ2v) is 5.36. The van der Waals surface area contributed by atoms with E-state index >= 15 is 0 Å². The van der Waals surface area contributed by atoms with Gasteiger partial charge in [-0.2, -0.15) is 0 Å². The van der Waals surface area contributed by atoms with Crippen LogP contribution in [0.15, 0.2) is 0 Å². The molecule has 0 amide bonds. The highest BCUT2D eigenvalue weighted by molar-refractivity contribution is 6.59. The third-order valence-corrected chi connectivity index (χ3v) is 3.63. The molecule has 0 fully saturated rings. The Kier molecular flexibility index (Phi) is 8.29. The third kappa shape index (κ3) is 6.43. The summed E-state index contributed by atoms with van der Waals surface area (Å²) in [5, 5.41) is 0. The number of hydrogen-bond acceptors (Lipinski definition) is 6. The van der Waals surface area contributed by atoms with Gasteiger partial charge >= 0.3 is 8.80 Å². The molecular formula is C7H21N3O3Si. The largest absolute Gasteiger partial charge is 0.497 e. The predicted octanol–water partition coefficient (Wildman–Crippen LogP) is -1.52. The van der Waals surface area contributed by atoms with E-state index in [1.165, 1.54) is 0 Å². The zero-order chi connectivity index (χ0) is 10.9. The second-order valence-electron chi connectivity index (χ2n) is 2.77. The Labute approximate surface area is 86.0 Å². The number of hydrogen-bond donors (Lipinski definition) is 3. The average Bonchev–Trinajstić information content (AvgIpc) is 2.21. The fourth-order valence-electron chi connectivity index (χ4n) is 0.858. The topological polar surface area (TPSA) is 106 Å². The Balaban J connectivity index is 3.89. The molecule has 0 aromatic heterocycles. The van der Waals surface area contributed by atoms with E-state index in [1.54, 1.807) is 0 Å². The molecule has 86 valence electrons. The standard InChI is InChI=1S/C7H21N3O3Si/c1-14(11-5-2-8,12-6-3-9)13-7-4-10/h2-10H2,1H3. The van der Waals surface area contributed by atoms with E-state index in [0.717, 1.165) is 0 Å². The van der Waals surface area contributed by atoms with Crippen LogP contribution in [-0.2, 0) is 13.3 Å². The highest BCUT2D eigenvalue weighted by Gasteiger charge is 2.34. The second kappa shape index (κ2) is 8.30. The first-order chi connectivity index (χ1) is 6.68. The first-order valence-corrected chi connectivity index (χ1v) is 6.93. The lowest BCUT2D eigenvalue weighted by molar-refractivity contribution is 0.0725. The highest BCUT2D eigenvalue weighted by Crippen LogP contribution is 2.08. The van der Waals surface area contributed by atoms with Crippen LogP contribution in [0, 0.1) is 0 Å². The van der Waals surface area contributed by atoms with E-state index in [4.69, 9.17) is 30.5 Å². The van der Waals surface area contributed by atoms with Crippen LogP contribution in [0.2, 0.25) is 6.55 Å². The molecule has 6 nitrogen and oxygen atoms in total. The van der Waals surface area contributed by atoms with Gasteiger partial charge in [-0.15, -0.1) is 0 Å². The van der Waals surface area contributed by atoms with Crippen LogP contribution >= 0.6 is 0 Å². The van der Waals surface area contributed by atoms with Crippen molar-refractivity contribution in [1.82, 2.24) is 0 Å². The molecule has 0 saturated heterocycles. The summed E-state index contributed by atoms with van der Waals surface area (Å²) < 4.78 is 16.3. The van der Waals surface area contributed by atoms with Gasteiger partial charge < -0.3 is 30.5 Å². The summed E-state index contributed by atoms with van der Waals surface area (Å²) in [6, 6.07) is 0. The molecule has 0 rings (SSSR count). The van der Waals surface area contributed by atoms with E-state index in [2.05, 4.69) is 0 Å². The molecule has 0 aromatic carbocycles. The van der Waals surface area contributed by atoms with Crippen LogP contribution < -0.4 is 17.2 Å². The summed E-state index contributed by atoms with van der Waals surface area (Å²) in [5.74, 6) is 0. The summed E-state index contributed by atoms with van der Waals surface area (Å²) in [7, 11) is -2.55. The van der Waals surface area contributed by atoms with Gasteiger partial charge in [0.15, 0.2) is 0 Å². The molecule has 0 aliphatic carbocycles. The number of rotatable bonds is 9. The van der Waals surface area contributed by atoms with Crippen LogP contribution in [0.3, 0.4) is 0 Å². The molecule has 0 saturated carbocycles. The van der Waals surface area contributed by atoms with Crippen molar-refractivity contribution in [3.8, 4) is 0 Å². The van der Waals surface area contributed by atoms with Gasteiger partial charge in [-0.25, -0.2) is 0 Å². The molecule has 0 heterocycles. The molecular weight excluding hydrogens is 202 g/mol.